The fraction of sp³-hybridized carbons (Fsp3) is 0.167. The molecule has 0 aliphatic heterocycles. The second-order valence-electron chi connectivity index (χ2n) is 5.51. The molecular formula is C18H17N3O. The number of nitrogens with zero attached hydrogens (tertiary/aromatic N) is 3. The van der Waals surface area contributed by atoms with Crippen LogP contribution in [-0.4, -0.2) is 21.3 Å². The van der Waals surface area contributed by atoms with Crippen LogP contribution in [0.5, 0.6) is 0 Å². The van der Waals surface area contributed by atoms with Gasteiger partial charge in [-0.2, -0.15) is 0 Å². The minimum absolute atomic E-state index is 0.352. The summed E-state index contributed by atoms with van der Waals surface area (Å²) < 4.78 is 1.75. The first-order valence-corrected chi connectivity index (χ1v) is 7.15. The van der Waals surface area contributed by atoms with Crippen LogP contribution in [0.2, 0.25) is 0 Å². The monoisotopic (exact) mass is 291 g/mol. The number of aldehydes is 1. The summed E-state index contributed by atoms with van der Waals surface area (Å²) in [7, 11) is 0. The number of hydrogen-bond acceptors (Lipinski definition) is 3. The Kier molecular flexibility index (Phi) is 3.59. The van der Waals surface area contributed by atoms with Crippen LogP contribution in [0.1, 0.15) is 27.2 Å². The minimum Gasteiger partial charge on any atom is -0.296 e. The van der Waals surface area contributed by atoms with E-state index in [0.29, 0.717) is 5.69 Å². The van der Waals surface area contributed by atoms with Crippen molar-refractivity contribution in [2.75, 3.05) is 0 Å². The van der Waals surface area contributed by atoms with E-state index in [4.69, 9.17) is 0 Å². The Hall–Kier alpha value is -2.75. The molecule has 1 aromatic heterocycles. The molecule has 0 amide bonds. The molecule has 0 saturated heterocycles. The van der Waals surface area contributed by atoms with Crippen LogP contribution in [-0.2, 0) is 0 Å². The maximum Gasteiger partial charge on any atom is 0.172 e. The highest BCUT2D eigenvalue weighted by atomic mass is 16.1. The van der Waals surface area contributed by atoms with E-state index >= 15 is 0 Å². The molecule has 22 heavy (non-hydrogen) atoms. The fourth-order valence-corrected chi connectivity index (χ4v) is 2.47. The van der Waals surface area contributed by atoms with Gasteiger partial charge in [-0.3, -0.25) is 4.79 Å². The predicted molar refractivity (Wildman–Crippen MR) is 86.4 cm³/mol. The molecule has 0 unspecified atom stereocenters. The van der Waals surface area contributed by atoms with Gasteiger partial charge in [0.2, 0.25) is 0 Å². The largest absolute Gasteiger partial charge is 0.296 e. The molecular weight excluding hydrogens is 274 g/mol. The Morgan fingerprint density at radius 1 is 0.955 bits per heavy atom. The van der Waals surface area contributed by atoms with Gasteiger partial charge in [0.15, 0.2) is 12.0 Å². The molecule has 4 heteroatoms. The van der Waals surface area contributed by atoms with Gasteiger partial charge in [-0.25, -0.2) is 4.68 Å². The zero-order chi connectivity index (χ0) is 15.7. The van der Waals surface area contributed by atoms with Gasteiger partial charge in [0.05, 0.1) is 5.69 Å². The van der Waals surface area contributed by atoms with E-state index in [2.05, 4.69) is 22.4 Å². The van der Waals surface area contributed by atoms with E-state index in [-0.39, 0.29) is 0 Å². The summed E-state index contributed by atoms with van der Waals surface area (Å²) in [6, 6.07) is 14.2. The van der Waals surface area contributed by atoms with Gasteiger partial charge >= 0.3 is 0 Å². The number of carbonyl (C=O) groups is 1. The third-order valence-electron chi connectivity index (χ3n) is 3.73. The summed E-state index contributed by atoms with van der Waals surface area (Å²) >= 11 is 0. The highest BCUT2D eigenvalue weighted by Gasteiger charge is 2.17. The Balaban J connectivity index is 2.25. The lowest BCUT2D eigenvalue weighted by atomic mass is 10.1. The van der Waals surface area contributed by atoms with Gasteiger partial charge < -0.3 is 0 Å². The third-order valence-corrected chi connectivity index (χ3v) is 3.73. The third kappa shape index (κ3) is 2.44. The molecule has 3 aromatic rings. The van der Waals surface area contributed by atoms with Crippen molar-refractivity contribution in [3.8, 4) is 16.9 Å². The van der Waals surface area contributed by atoms with E-state index in [0.717, 1.165) is 34.4 Å². The molecule has 2 aromatic carbocycles. The number of carbonyl (C=O) groups excluding carboxylic acids is 1. The average Bonchev–Trinajstić information content (AvgIpc) is 2.94. The predicted octanol–water partition coefficient (Wildman–Crippen LogP) is 3.67. The molecule has 4 nitrogen and oxygen atoms in total. The summed E-state index contributed by atoms with van der Waals surface area (Å²) in [5.41, 5.74) is 6.34. The van der Waals surface area contributed by atoms with Crippen molar-refractivity contribution in [1.29, 1.82) is 0 Å². The molecule has 0 N–H and O–H groups in total. The Bertz CT molecular complexity index is 832. The second kappa shape index (κ2) is 5.56. The number of rotatable bonds is 3. The maximum absolute atomic E-state index is 11.3. The molecule has 0 radical (unpaired) electrons. The molecule has 1 heterocycles. The summed E-state index contributed by atoms with van der Waals surface area (Å²) in [6.45, 7) is 6.09. The molecule has 0 aliphatic rings. The van der Waals surface area contributed by atoms with Crippen LogP contribution in [0.3, 0.4) is 0 Å². The molecule has 110 valence electrons. The van der Waals surface area contributed by atoms with Gasteiger partial charge in [0.25, 0.3) is 0 Å². The van der Waals surface area contributed by atoms with E-state index in [1.807, 2.05) is 51.1 Å². The highest BCUT2D eigenvalue weighted by Crippen LogP contribution is 2.26. The quantitative estimate of drug-likeness (QED) is 0.692. The van der Waals surface area contributed by atoms with Crippen LogP contribution in [0, 0.1) is 20.8 Å². The Morgan fingerprint density at radius 2 is 1.64 bits per heavy atom. The average molecular weight is 291 g/mol. The zero-order valence-corrected chi connectivity index (χ0v) is 12.9. The normalized spacial score (nSPS) is 10.7. The van der Waals surface area contributed by atoms with Gasteiger partial charge in [0.1, 0.15) is 5.69 Å². The molecule has 0 aliphatic carbocycles. The lowest BCUT2D eigenvalue weighted by Crippen LogP contribution is -2.03. The first-order valence-electron chi connectivity index (χ1n) is 7.15. The summed E-state index contributed by atoms with van der Waals surface area (Å²) in [5.74, 6) is 0. The van der Waals surface area contributed by atoms with Gasteiger partial charge in [-0.1, -0.05) is 47.2 Å². The molecule has 0 bridgehead atoms. The van der Waals surface area contributed by atoms with Crippen molar-refractivity contribution < 1.29 is 4.79 Å². The van der Waals surface area contributed by atoms with Crippen LogP contribution >= 0.6 is 0 Å². The zero-order valence-electron chi connectivity index (χ0n) is 12.9. The Morgan fingerprint density at radius 3 is 2.32 bits per heavy atom. The number of aromatic nitrogens is 3. The molecule has 0 atom stereocenters. The van der Waals surface area contributed by atoms with Crippen LogP contribution in [0.4, 0.5) is 0 Å². The number of benzene rings is 2. The van der Waals surface area contributed by atoms with Crippen molar-refractivity contribution >= 4 is 6.29 Å². The number of aryl methyl sites for hydroxylation is 3. The molecule has 0 saturated carbocycles. The lowest BCUT2D eigenvalue weighted by molar-refractivity contribution is 0.111. The second-order valence-corrected chi connectivity index (χ2v) is 5.51. The first kappa shape index (κ1) is 14.2. The van der Waals surface area contributed by atoms with Crippen molar-refractivity contribution in [2.45, 2.75) is 20.8 Å². The van der Waals surface area contributed by atoms with Gasteiger partial charge in [-0.05, 0) is 38.0 Å². The summed E-state index contributed by atoms with van der Waals surface area (Å²) in [5, 5.41) is 8.22. The van der Waals surface area contributed by atoms with Crippen molar-refractivity contribution in [2.24, 2.45) is 0 Å². The smallest absolute Gasteiger partial charge is 0.172 e. The van der Waals surface area contributed by atoms with Crippen LogP contribution in [0.25, 0.3) is 16.9 Å². The van der Waals surface area contributed by atoms with Gasteiger partial charge in [0, 0.05) is 5.56 Å². The van der Waals surface area contributed by atoms with Crippen molar-refractivity contribution in [3.63, 3.8) is 0 Å². The van der Waals surface area contributed by atoms with Crippen molar-refractivity contribution in [3.05, 3.63) is 64.8 Å². The molecule has 3 rings (SSSR count). The van der Waals surface area contributed by atoms with Crippen LogP contribution < -0.4 is 0 Å². The van der Waals surface area contributed by atoms with E-state index in [9.17, 15) is 4.79 Å². The van der Waals surface area contributed by atoms with E-state index in [1.165, 1.54) is 5.56 Å². The van der Waals surface area contributed by atoms with Crippen molar-refractivity contribution in [1.82, 2.24) is 15.0 Å². The van der Waals surface area contributed by atoms with Gasteiger partial charge in [-0.15, -0.1) is 5.10 Å². The fourth-order valence-electron chi connectivity index (χ4n) is 2.47. The Labute approximate surface area is 129 Å². The standard InChI is InChI=1S/C18H17N3O/c1-12-5-8-15(9-6-12)18-16(11-22)19-20-21(18)17-10-13(2)4-7-14(17)3/h4-11H,1-3H3. The number of hydrogen-bond donors (Lipinski definition) is 0. The molecule has 0 spiro atoms. The van der Waals surface area contributed by atoms with Crippen LogP contribution in [0.15, 0.2) is 42.5 Å². The highest BCUT2D eigenvalue weighted by molar-refractivity contribution is 5.84. The lowest BCUT2D eigenvalue weighted by Gasteiger charge is -2.11. The summed E-state index contributed by atoms with van der Waals surface area (Å²) in [6.07, 6.45) is 0.754. The SMILES string of the molecule is Cc1ccc(-c2c(C=O)nnn2-c2cc(C)ccc2C)cc1. The first-order chi connectivity index (χ1) is 10.6. The summed E-state index contributed by atoms with van der Waals surface area (Å²) in [4.78, 5) is 11.3. The molecule has 0 fully saturated rings. The minimum atomic E-state index is 0.352. The van der Waals surface area contributed by atoms with E-state index in [1.54, 1.807) is 4.68 Å². The van der Waals surface area contributed by atoms with E-state index < -0.39 is 0 Å². The topological polar surface area (TPSA) is 47.8 Å². The maximum atomic E-state index is 11.3.